The SMILES string of the molecule is Cc1ccc(CNC(=O)C(=O)NCC(O)c2ccc3c(ccn3C)c2)cc1. The molecule has 0 saturated heterocycles. The molecule has 1 unspecified atom stereocenters. The molecule has 0 bridgehead atoms. The Morgan fingerprint density at radius 1 is 1.04 bits per heavy atom. The molecule has 3 rings (SSSR count). The first-order valence-electron chi connectivity index (χ1n) is 8.78. The predicted octanol–water partition coefficient (Wildman–Crippen LogP) is 1.95. The van der Waals surface area contributed by atoms with Crippen molar-refractivity contribution in [2.45, 2.75) is 19.6 Å². The van der Waals surface area contributed by atoms with Gasteiger partial charge in [0.05, 0.1) is 6.10 Å². The van der Waals surface area contributed by atoms with Gasteiger partial charge in [-0.15, -0.1) is 0 Å². The quantitative estimate of drug-likeness (QED) is 0.605. The van der Waals surface area contributed by atoms with Gasteiger partial charge in [0.25, 0.3) is 0 Å². The molecule has 1 atom stereocenters. The molecule has 3 N–H and O–H groups in total. The van der Waals surface area contributed by atoms with Gasteiger partial charge in [-0.2, -0.15) is 0 Å². The molecule has 0 fully saturated rings. The first-order valence-corrected chi connectivity index (χ1v) is 8.78. The van der Waals surface area contributed by atoms with Crippen LogP contribution in [0.15, 0.2) is 54.7 Å². The number of aromatic nitrogens is 1. The van der Waals surface area contributed by atoms with E-state index in [0.29, 0.717) is 5.56 Å². The van der Waals surface area contributed by atoms with E-state index < -0.39 is 17.9 Å². The van der Waals surface area contributed by atoms with Crippen LogP contribution in [0.1, 0.15) is 22.8 Å². The largest absolute Gasteiger partial charge is 0.387 e. The standard InChI is InChI=1S/C21H23N3O3/c1-14-3-5-15(6-4-14)12-22-20(26)21(27)23-13-19(25)17-7-8-18-16(11-17)9-10-24(18)2/h3-11,19,25H,12-13H2,1-2H3,(H,22,26)(H,23,27). The van der Waals surface area contributed by atoms with Crippen molar-refractivity contribution in [1.29, 1.82) is 0 Å². The molecule has 0 radical (unpaired) electrons. The van der Waals surface area contributed by atoms with Crippen LogP contribution in [0.5, 0.6) is 0 Å². The Morgan fingerprint density at radius 3 is 2.48 bits per heavy atom. The average molecular weight is 365 g/mol. The Hall–Kier alpha value is -3.12. The lowest BCUT2D eigenvalue weighted by Gasteiger charge is -2.13. The highest BCUT2D eigenvalue weighted by Gasteiger charge is 2.16. The summed E-state index contributed by atoms with van der Waals surface area (Å²) in [5.74, 6) is -1.48. The number of benzene rings is 2. The molecule has 0 spiro atoms. The minimum absolute atomic E-state index is 0.0326. The van der Waals surface area contributed by atoms with E-state index in [0.717, 1.165) is 22.0 Å². The highest BCUT2D eigenvalue weighted by Crippen LogP contribution is 2.20. The number of aliphatic hydroxyl groups is 1. The van der Waals surface area contributed by atoms with Crippen molar-refractivity contribution in [1.82, 2.24) is 15.2 Å². The number of hydrogen-bond acceptors (Lipinski definition) is 3. The number of aliphatic hydroxyl groups excluding tert-OH is 1. The van der Waals surface area contributed by atoms with E-state index in [-0.39, 0.29) is 13.1 Å². The molecule has 6 heteroatoms. The van der Waals surface area contributed by atoms with Crippen molar-refractivity contribution in [2.24, 2.45) is 7.05 Å². The Labute approximate surface area is 157 Å². The molecule has 140 valence electrons. The molecule has 2 amide bonds. The number of amides is 2. The van der Waals surface area contributed by atoms with Gasteiger partial charge >= 0.3 is 11.8 Å². The zero-order valence-corrected chi connectivity index (χ0v) is 15.4. The fraction of sp³-hybridized carbons (Fsp3) is 0.238. The van der Waals surface area contributed by atoms with Crippen LogP contribution < -0.4 is 10.6 Å². The first-order chi connectivity index (χ1) is 12.9. The zero-order chi connectivity index (χ0) is 19.4. The van der Waals surface area contributed by atoms with Gasteiger partial charge < -0.3 is 20.3 Å². The zero-order valence-electron chi connectivity index (χ0n) is 15.4. The number of carbonyl (C=O) groups excluding carboxylic acids is 2. The third-order valence-corrected chi connectivity index (χ3v) is 4.53. The molecule has 0 aliphatic carbocycles. The topological polar surface area (TPSA) is 83.4 Å². The van der Waals surface area contributed by atoms with Crippen molar-refractivity contribution in [3.05, 3.63) is 71.4 Å². The summed E-state index contributed by atoms with van der Waals surface area (Å²) in [5, 5.41) is 16.4. The summed E-state index contributed by atoms with van der Waals surface area (Å²) < 4.78 is 1.99. The lowest BCUT2D eigenvalue weighted by Crippen LogP contribution is -2.41. The van der Waals surface area contributed by atoms with E-state index >= 15 is 0 Å². The van der Waals surface area contributed by atoms with E-state index in [1.165, 1.54) is 0 Å². The summed E-state index contributed by atoms with van der Waals surface area (Å²) in [6.45, 7) is 2.23. The van der Waals surface area contributed by atoms with Crippen LogP contribution in [0, 0.1) is 6.92 Å². The van der Waals surface area contributed by atoms with E-state index in [2.05, 4.69) is 10.6 Å². The van der Waals surface area contributed by atoms with Crippen LogP contribution in [0.2, 0.25) is 0 Å². The number of hydrogen-bond donors (Lipinski definition) is 3. The molecular formula is C21H23N3O3. The predicted molar refractivity (Wildman–Crippen MR) is 104 cm³/mol. The number of aryl methyl sites for hydroxylation is 2. The van der Waals surface area contributed by atoms with E-state index in [9.17, 15) is 14.7 Å². The molecule has 0 saturated carbocycles. The van der Waals surface area contributed by atoms with Crippen LogP contribution in [-0.2, 0) is 23.2 Å². The lowest BCUT2D eigenvalue weighted by atomic mass is 10.1. The average Bonchev–Trinajstić information content (AvgIpc) is 3.05. The molecule has 0 aliphatic rings. The number of nitrogens with zero attached hydrogens (tertiary/aromatic N) is 1. The summed E-state index contributed by atoms with van der Waals surface area (Å²) in [5.41, 5.74) is 3.79. The minimum atomic E-state index is -0.886. The van der Waals surface area contributed by atoms with Crippen LogP contribution in [0.25, 0.3) is 10.9 Å². The molecular weight excluding hydrogens is 342 g/mol. The Balaban J connectivity index is 1.50. The van der Waals surface area contributed by atoms with Crippen molar-refractivity contribution >= 4 is 22.7 Å². The van der Waals surface area contributed by atoms with Gasteiger partial charge in [-0.1, -0.05) is 35.9 Å². The van der Waals surface area contributed by atoms with Gasteiger partial charge in [0, 0.05) is 31.9 Å². The summed E-state index contributed by atoms with van der Waals surface area (Å²) in [7, 11) is 1.95. The van der Waals surface area contributed by atoms with E-state index in [1.54, 1.807) is 0 Å². The number of rotatable bonds is 5. The Morgan fingerprint density at radius 2 is 1.74 bits per heavy atom. The molecule has 1 heterocycles. The normalized spacial score (nSPS) is 12.0. The minimum Gasteiger partial charge on any atom is -0.387 e. The monoisotopic (exact) mass is 365 g/mol. The molecule has 1 aromatic heterocycles. The maximum Gasteiger partial charge on any atom is 0.309 e. The summed E-state index contributed by atoms with van der Waals surface area (Å²) in [6, 6.07) is 15.3. The second-order valence-electron chi connectivity index (χ2n) is 6.64. The van der Waals surface area contributed by atoms with Crippen molar-refractivity contribution in [3.63, 3.8) is 0 Å². The summed E-state index contributed by atoms with van der Waals surface area (Å²) in [4.78, 5) is 23.8. The van der Waals surface area contributed by atoms with Crippen molar-refractivity contribution in [3.8, 4) is 0 Å². The lowest BCUT2D eigenvalue weighted by molar-refractivity contribution is -0.139. The number of fused-ring (bicyclic) bond motifs is 1. The second kappa shape index (κ2) is 8.05. The van der Waals surface area contributed by atoms with Crippen LogP contribution in [-0.4, -0.2) is 28.0 Å². The molecule has 0 aliphatic heterocycles. The number of nitrogens with one attached hydrogen (secondary N) is 2. The fourth-order valence-electron chi connectivity index (χ4n) is 2.86. The highest BCUT2D eigenvalue weighted by molar-refractivity contribution is 6.35. The van der Waals surface area contributed by atoms with Crippen molar-refractivity contribution in [2.75, 3.05) is 6.54 Å². The van der Waals surface area contributed by atoms with Gasteiger partial charge in [-0.3, -0.25) is 9.59 Å². The highest BCUT2D eigenvalue weighted by atomic mass is 16.3. The van der Waals surface area contributed by atoms with Gasteiger partial charge in [0.2, 0.25) is 0 Å². The van der Waals surface area contributed by atoms with E-state index in [4.69, 9.17) is 0 Å². The maximum atomic E-state index is 11.9. The van der Waals surface area contributed by atoms with Gasteiger partial charge in [0.15, 0.2) is 0 Å². The Bertz CT molecular complexity index is 960. The molecule has 6 nitrogen and oxygen atoms in total. The van der Waals surface area contributed by atoms with Crippen LogP contribution >= 0.6 is 0 Å². The van der Waals surface area contributed by atoms with Crippen LogP contribution in [0.4, 0.5) is 0 Å². The smallest absolute Gasteiger partial charge is 0.309 e. The van der Waals surface area contributed by atoms with Gasteiger partial charge in [-0.05, 0) is 41.6 Å². The fourth-order valence-corrected chi connectivity index (χ4v) is 2.86. The molecule has 2 aromatic carbocycles. The van der Waals surface area contributed by atoms with Gasteiger partial charge in [-0.25, -0.2) is 0 Å². The molecule has 27 heavy (non-hydrogen) atoms. The van der Waals surface area contributed by atoms with Crippen LogP contribution in [0.3, 0.4) is 0 Å². The first kappa shape index (κ1) is 18.7. The number of carbonyl (C=O) groups is 2. The summed E-state index contributed by atoms with van der Waals surface area (Å²) >= 11 is 0. The third kappa shape index (κ3) is 4.54. The second-order valence-corrected chi connectivity index (χ2v) is 6.64. The maximum absolute atomic E-state index is 11.9. The Kier molecular flexibility index (Phi) is 5.57. The van der Waals surface area contributed by atoms with Crippen molar-refractivity contribution < 1.29 is 14.7 Å². The van der Waals surface area contributed by atoms with E-state index in [1.807, 2.05) is 73.3 Å². The van der Waals surface area contributed by atoms with Gasteiger partial charge in [0.1, 0.15) is 0 Å². The third-order valence-electron chi connectivity index (χ3n) is 4.53. The summed E-state index contributed by atoms with van der Waals surface area (Å²) in [6.07, 6.45) is 1.06. The molecule has 3 aromatic rings.